The number of rotatable bonds is 4. The molecule has 1 aromatic carbocycles. The largest absolute Gasteiger partial charge is 0.332 e. The average Bonchev–Trinajstić information content (AvgIpc) is 3.25. The van der Waals surface area contributed by atoms with Crippen LogP contribution < -0.4 is 10.7 Å². The quantitative estimate of drug-likeness (QED) is 0.414. The first-order valence-electron chi connectivity index (χ1n) is 10.6. The molecule has 1 amide bonds. The van der Waals surface area contributed by atoms with E-state index < -0.39 is 5.91 Å². The molecule has 0 saturated carbocycles. The van der Waals surface area contributed by atoms with Crippen molar-refractivity contribution in [3.05, 3.63) is 81.9 Å². The van der Waals surface area contributed by atoms with Crippen LogP contribution in [0.15, 0.2) is 59.7 Å². The Morgan fingerprint density at radius 2 is 1.97 bits per heavy atom. The molecule has 0 aliphatic heterocycles. The number of amides is 1. The number of benzene rings is 1. The summed E-state index contributed by atoms with van der Waals surface area (Å²) in [6.07, 6.45) is 3.33. The van der Waals surface area contributed by atoms with Crippen molar-refractivity contribution in [1.82, 2.24) is 19.5 Å². The summed E-state index contributed by atoms with van der Waals surface area (Å²) >= 11 is 1.49. The Hall–Kier alpha value is -3.91. The number of aryl methyl sites for hydroxylation is 3. The lowest BCUT2D eigenvalue weighted by molar-refractivity contribution is 0.102. The molecule has 0 aliphatic carbocycles. The van der Waals surface area contributed by atoms with Crippen LogP contribution in [0.5, 0.6) is 0 Å². The van der Waals surface area contributed by atoms with Gasteiger partial charge in [0.25, 0.3) is 5.91 Å². The van der Waals surface area contributed by atoms with Gasteiger partial charge in [0, 0.05) is 35.9 Å². The van der Waals surface area contributed by atoms with Crippen LogP contribution in [-0.4, -0.2) is 25.4 Å². The maximum absolute atomic E-state index is 13.2. The molecule has 0 aliphatic rings. The second-order valence-electron chi connectivity index (χ2n) is 7.81. The number of carbonyl (C=O) groups is 1. The second kappa shape index (κ2) is 8.22. The molecular weight excluding hydrogens is 434 g/mol. The van der Waals surface area contributed by atoms with Gasteiger partial charge in [0.15, 0.2) is 0 Å². The van der Waals surface area contributed by atoms with Gasteiger partial charge in [0.2, 0.25) is 5.43 Å². The molecule has 33 heavy (non-hydrogen) atoms. The first-order chi connectivity index (χ1) is 15.9. The molecule has 8 heteroatoms. The fraction of sp³-hybridized carbons (Fsp3) is 0.160. The highest BCUT2D eigenvalue weighted by Crippen LogP contribution is 2.31. The molecular formula is C25H21N5O2S. The molecule has 0 atom stereocenters. The third-order valence-electron chi connectivity index (χ3n) is 5.55. The summed E-state index contributed by atoms with van der Waals surface area (Å²) in [6, 6.07) is 13.1. The highest BCUT2D eigenvalue weighted by Gasteiger charge is 2.18. The molecule has 0 radical (unpaired) electrons. The Morgan fingerprint density at radius 3 is 2.76 bits per heavy atom. The summed E-state index contributed by atoms with van der Waals surface area (Å²) < 4.78 is 1.83. The van der Waals surface area contributed by atoms with E-state index in [0.717, 1.165) is 32.2 Å². The smallest absolute Gasteiger partial charge is 0.261 e. The van der Waals surface area contributed by atoms with Crippen LogP contribution in [-0.2, 0) is 6.54 Å². The number of thiazole rings is 1. The van der Waals surface area contributed by atoms with E-state index >= 15 is 0 Å². The average molecular weight is 456 g/mol. The summed E-state index contributed by atoms with van der Waals surface area (Å²) in [5.74, 6) is -0.448. The van der Waals surface area contributed by atoms with Crippen LogP contribution in [0.3, 0.4) is 0 Å². The van der Waals surface area contributed by atoms with E-state index in [9.17, 15) is 9.59 Å². The summed E-state index contributed by atoms with van der Waals surface area (Å²) in [7, 11) is 0. The van der Waals surface area contributed by atoms with Crippen molar-refractivity contribution in [3.8, 4) is 10.6 Å². The van der Waals surface area contributed by atoms with E-state index in [2.05, 4.69) is 20.3 Å². The van der Waals surface area contributed by atoms with Gasteiger partial charge in [-0.1, -0.05) is 23.5 Å². The molecule has 0 bridgehead atoms. The molecule has 5 aromatic rings. The van der Waals surface area contributed by atoms with Crippen LogP contribution in [0.2, 0.25) is 0 Å². The van der Waals surface area contributed by atoms with Crippen molar-refractivity contribution in [2.45, 2.75) is 27.3 Å². The summed E-state index contributed by atoms with van der Waals surface area (Å²) in [6.45, 7) is 6.34. The maximum atomic E-state index is 13.2. The van der Waals surface area contributed by atoms with Crippen LogP contribution in [0.4, 0.5) is 5.69 Å². The van der Waals surface area contributed by atoms with E-state index in [4.69, 9.17) is 0 Å². The predicted octanol–water partition coefficient (Wildman–Crippen LogP) is 4.96. The lowest BCUT2D eigenvalue weighted by Gasteiger charge is -2.13. The summed E-state index contributed by atoms with van der Waals surface area (Å²) in [5.41, 5.74) is 4.40. The molecule has 1 N–H and O–H groups in total. The molecule has 4 aromatic heterocycles. The summed E-state index contributed by atoms with van der Waals surface area (Å²) in [4.78, 5) is 40.6. The Balaban J connectivity index is 1.53. The van der Waals surface area contributed by atoms with Gasteiger partial charge in [-0.25, -0.2) is 15.0 Å². The second-order valence-corrected chi connectivity index (χ2v) is 8.79. The topological polar surface area (TPSA) is 89.8 Å². The molecule has 0 spiro atoms. The van der Waals surface area contributed by atoms with Gasteiger partial charge in [-0.2, -0.15) is 0 Å². The number of carbonyl (C=O) groups excluding carboxylic acids is 1. The highest BCUT2D eigenvalue weighted by molar-refractivity contribution is 7.21. The zero-order valence-electron chi connectivity index (χ0n) is 18.4. The Bertz CT molecular complexity index is 1570. The van der Waals surface area contributed by atoms with Crippen LogP contribution in [0.25, 0.3) is 32.0 Å². The van der Waals surface area contributed by atoms with Gasteiger partial charge in [-0.15, -0.1) is 0 Å². The Kier molecular flexibility index (Phi) is 5.22. The number of anilines is 1. The molecule has 0 unspecified atom stereocenters. The minimum atomic E-state index is -0.448. The minimum Gasteiger partial charge on any atom is -0.332 e. The fourth-order valence-corrected chi connectivity index (χ4v) is 4.64. The van der Waals surface area contributed by atoms with Gasteiger partial charge >= 0.3 is 0 Å². The van der Waals surface area contributed by atoms with Crippen LogP contribution in [0.1, 0.15) is 28.5 Å². The van der Waals surface area contributed by atoms with E-state index in [1.54, 1.807) is 24.5 Å². The lowest BCUT2D eigenvalue weighted by atomic mass is 10.1. The molecule has 7 nitrogen and oxygen atoms in total. The normalized spacial score (nSPS) is 11.2. The summed E-state index contributed by atoms with van der Waals surface area (Å²) in [5, 5.41) is 4.18. The third-order valence-corrected chi connectivity index (χ3v) is 6.57. The number of nitrogens with one attached hydrogen (secondary N) is 1. The van der Waals surface area contributed by atoms with Crippen molar-refractivity contribution in [2.75, 3.05) is 5.32 Å². The van der Waals surface area contributed by atoms with E-state index in [-0.39, 0.29) is 11.0 Å². The number of hydrogen-bond donors (Lipinski definition) is 1. The Morgan fingerprint density at radius 1 is 1.12 bits per heavy atom. The van der Waals surface area contributed by atoms with Crippen molar-refractivity contribution < 1.29 is 4.79 Å². The van der Waals surface area contributed by atoms with Crippen LogP contribution >= 0.6 is 11.3 Å². The van der Waals surface area contributed by atoms with Gasteiger partial charge in [-0.3, -0.25) is 9.59 Å². The number of fused-ring (bicyclic) bond motifs is 2. The van der Waals surface area contributed by atoms with Gasteiger partial charge in [-0.05, 0) is 56.7 Å². The highest BCUT2D eigenvalue weighted by atomic mass is 32.1. The lowest BCUT2D eigenvalue weighted by Crippen LogP contribution is -2.24. The van der Waals surface area contributed by atoms with Gasteiger partial charge in [0.1, 0.15) is 26.6 Å². The van der Waals surface area contributed by atoms with Crippen molar-refractivity contribution >= 4 is 44.3 Å². The predicted molar refractivity (Wildman–Crippen MR) is 132 cm³/mol. The number of hydrogen-bond acceptors (Lipinski definition) is 6. The number of aromatic nitrogens is 4. The first-order valence-corrected chi connectivity index (χ1v) is 11.4. The molecule has 4 heterocycles. The zero-order chi connectivity index (χ0) is 23.1. The molecule has 0 fully saturated rings. The van der Waals surface area contributed by atoms with Crippen LogP contribution in [0, 0.1) is 13.8 Å². The minimum absolute atomic E-state index is 0.0870. The standard InChI is InChI=1S/C25H21N5O2S/c1-4-30-13-18(21(31)17-10-8-15(3)27-22(17)30)23(32)28-20-12-16(9-7-14(20)2)24-29-19-6-5-11-26-25(19)33-24/h5-13H,4H2,1-3H3,(H,28,32). The van der Waals surface area contributed by atoms with E-state index in [1.165, 1.54) is 11.3 Å². The number of pyridine rings is 3. The SMILES string of the molecule is CCn1cc(C(=O)Nc2cc(-c3nc4cccnc4s3)ccc2C)c(=O)c2ccc(C)nc21. The molecule has 5 rings (SSSR count). The maximum Gasteiger partial charge on any atom is 0.261 e. The van der Waals surface area contributed by atoms with Gasteiger partial charge in [0.05, 0.1) is 5.39 Å². The van der Waals surface area contributed by atoms with E-state index in [0.29, 0.717) is 23.3 Å². The third kappa shape index (κ3) is 3.78. The molecule has 0 saturated heterocycles. The monoisotopic (exact) mass is 455 g/mol. The Labute approximate surface area is 193 Å². The van der Waals surface area contributed by atoms with E-state index in [1.807, 2.05) is 55.7 Å². The van der Waals surface area contributed by atoms with Crippen molar-refractivity contribution in [2.24, 2.45) is 0 Å². The van der Waals surface area contributed by atoms with Gasteiger partial charge < -0.3 is 9.88 Å². The molecule has 164 valence electrons. The first kappa shape index (κ1) is 21.0. The van der Waals surface area contributed by atoms with Crippen molar-refractivity contribution in [1.29, 1.82) is 0 Å². The van der Waals surface area contributed by atoms with Crippen molar-refractivity contribution in [3.63, 3.8) is 0 Å². The number of nitrogens with zero attached hydrogens (tertiary/aromatic N) is 4. The fourth-order valence-electron chi connectivity index (χ4n) is 3.74. The zero-order valence-corrected chi connectivity index (χ0v) is 19.2.